The molecule has 2 amide bonds. The fourth-order valence-electron chi connectivity index (χ4n) is 3.41. The molecule has 0 unspecified atom stereocenters. The summed E-state index contributed by atoms with van der Waals surface area (Å²) in [6, 6.07) is 23.0. The first-order valence-electron chi connectivity index (χ1n) is 9.55. The Morgan fingerprint density at radius 1 is 0.900 bits per heavy atom. The van der Waals surface area contributed by atoms with E-state index in [2.05, 4.69) is 6.07 Å². The van der Waals surface area contributed by atoms with E-state index in [-0.39, 0.29) is 5.91 Å². The lowest BCUT2D eigenvalue weighted by atomic mass is 9.91. The number of hydrogen-bond donors (Lipinski definition) is 0. The van der Waals surface area contributed by atoms with E-state index in [0.717, 1.165) is 5.56 Å². The van der Waals surface area contributed by atoms with Crippen LogP contribution in [0.1, 0.15) is 34.0 Å². The maximum atomic E-state index is 13.4. The van der Waals surface area contributed by atoms with Gasteiger partial charge < -0.3 is 4.74 Å². The summed E-state index contributed by atoms with van der Waals surface area (Å²) < 4.78 is 5.45. The van der Waals surface area contributed by atoms with Gasteiger partial charge in [0.05, 0.1) is 23.9 Å². The Morgan fingerprint density at radius 3 is 2.20 bits per heavy atom. The molecule has 0 saturated carbocycles. The van der Waals surface area contributed by atoms with Gasteiger partial charge in [0.2, 0.25) is 0 Å². The highest BCUT2D eigenvalue weighted by atomic mass is 16.5. The molecule has 0 aromatic heterocycles. The van der Waals surface area contributed by atoms with Crippen LogP contribution in [0.5, 0.6) is 5.75 Å². The molecule has 0 fully saturated rings. The van der Waals surface area contributed by atoms with Crippen LogP contribution in [0.3, 0.4) is 0 Å². The predicted molar refractivity (Wildman–Crippen MR) is 115 cm³/mol. The van der Waals surface area contributed by atoms with Gasteiger partial charge in [-0.1, -0.05) is 30.3 Å². The molecular formula is C25H18N2O3. The Labute approximate surface area is 174 Å². The number of nitrogens with zero attached hydrogens (tertiary/aromatic N) is 2. The van der Waals surface area contributed by atoms with Crippen LogP contribution in [-0.4, -0.2) is 18.4 Å². The highest BCUT2D eigenvalue weighted by Crippen LogP contribution is 2.34. The lowest BCUT2D eigenvalue weighted by Crippen LogP contribution is -2.41. The lowest BCUT2D eigenvalue weighted by Gasteiger charge is -2.28. The maximum absolute atomic E-state index is 13.4. The van der Waals surface area contributed by atoms with Gasteiger partial charge in [0, 0.05) is 11.1 Å². The van der Waals surface area contributed by atoms with E-state index in [1.807, 2.05) is 6.92 Å². The van der Waals surface area contributed by atoms with Gasteiger partial charge in [-0.15, -0.1) is 0 Å². The molecule has 3 aromatic rings. The molecule has 3 aromatic carbocycles. The first-order valence-corrected chi connectivity index (χ1v) is 9.55. The number of nitriles is 1. The Balaban J connectivity index is 1.81. The molecule has 0 bridgehead atoms. The quantitative estimate of drug-likeness (QED) is 0.476. The van der Waals surface area contributed by atoms with Gasteiger partial charge in [-0.25, -0.2) is 4.90 Å². The monoisotopic (exact) mass is 394 g/mol. The summed E-state index contributed by atoms with van der Waals surface area (Å²) in [5.41, 5.74) is 3.27. The number of rotatable bonds is 4. The summed E-state index contributed by atoms with van der Waals surface area (Å²) in [6.07, 6.45) is 1.75. The fraction of sp³-hybridized carbons (Fsp3) is 0.0800. The van der Waals surface area contributed by atoms with Gasteiger partial charge in [-0.2, -0.15) is 5.26 Å². The van der Waals surface area contributed by atoms with Crippen molar-refractivity contribution >= 4 is 29.2 Å². The zero-order valence-corrected chi connectivity index (χ0v) is 16.3. The standard InChI is InChI=1S/C25H18N2O3/c1-2-30-20-13-11-19(12-14-20)27-24(28)22-6-4-3-5-21(22)23(25(27)29)15-17-7-9-18(16-26)10-8-17/h3-15H,2H2,1H3/b23-15-. The summed E-state index contributed by atoms with van der Waals surface area (Å²) in [5.74, 6) is -0.0872. The van der Waals surface area contributed by atoms with Crippen molar-refractivity contribution in [2.24, 2.45) is 0 Å². The van der Waals surface area contributed by atoms with E-state index >= 15 is 0 Å². The van der Waals surface area contributed by atoms with Crippen LogP contribution >= 0.6 is 0 Å². The number of ether oxygens (including phenoxy) is 1. The number of benzene rings is 3. The third kappa shape index (κ3) is 3.47. The lowest BCUT2D eigenvalue weighted by molar-refractivity contribution is -0.112. The molecule has 30 heavy (non-hydrogen) atoms. The van der Waals surface area contributed by atoms with Gasteiger partial charge in [0.25, 0.3) is 11.8 Å². The zero-order chi connectivity index (χ0) is 21.1. The van der Waals surface area contributed by atoms with Crippen molar-refractivity contribution in [2.75, 3.05) is 11.5 Å². The van der Waals surface area contributed by atoms with E-state index in [9.17, 15) is 9.59 Å². The van der Waals surface area contributed by atoms with Crippen LogP contribution in [0, 0.1) is 11.3 Å². The molecule has 0 atom stereocenters. The van der Waals surface area contributed by atoms with Crippen molar-refractivity contribution in [1.82, 2.24) is 0 Å². The highest BCUT2D eigenvalue weighted by molar-refractivity contribution is 6.43. The topological polar surface area (TPSA) is 70.4 Å². The minimum atomic E-state index is -0.396. The molecule has 1 aliphatic heterocycles. The summed E-state index contributed by atoms with van der Waals surface area (Å²) in [6.45, 7) is 2.43. The van der Waals surface area contributed by atoms with Gasteiger partial charge in [-0.05, 0) is 66.6 Å². The molecule has 1 aliphatic rings. The molecule has 146 valence electrons. The third-order valence-electron chi connectivity index (χ3n) is 4.84. The Bertz CT molecular complexity index is 1190. The third-order valence-corrected chi connectivity index (χ3v) is 4.84. The van der Waals surface area contributed by atoms with Crippen LogP contribution in [0.25, 0.3) is 11.6 Å². The van der Waals surface area contributed by atoms with Crippen molar-refractivity contribution < 1.29 is 14.3 Å². The van der Waals surface area contributed by atoms with Gasteiger partial charge in [-0.3, -0.25) is 9.59 Å². The molecular weight excluding hydrogens is 376 g/mol. The first kappa shape index (κ1) is 19.2. The van der Waals surface area contributed by atoms with Gasteiger partial charge >= 0.3 is 0 Å². The number of carbonyl (C=O) groups excluding carboxylic acids is 2. The van der Waals surface area contributed by atoms with Crippen molar-refractivity contribution in [3.05, 3.63) is 95.1 Å². The maximum Gasteiger partial charge on any atom is 0.265 e. The average Bonchev–Trinajstić information content (AvgIpc) is 2.78. The molecule has 0 saturated heterocycles. The molecule has 0 N–H and O–H groups in total. The highest BCUT2D eigenvalue weighted by Gasteiger charge is 2.35. The van der Waals surface area contributed by atoms with E-state index < -0.39 is 5.91 Å². The summed E-state index contributed by atoms with van der Waals surface area (Å²) >= 11 is 0. The Kier molecular flexibility index (Phi) is 5.15. The number of carbonyl (C=O) groups is 2. The van der Waals surface area contributed by atoms with Gasteiger partial charge in [0.15, 0.2) is 0 Å². The van der Waals surface area contributed by atoms with Crippen molar-refractivity contribution in [1.29, 1.82) is 5.26 Å². The van der Waals surface area contributed by atoms with Crippen LogP contribution in [0.4, 0.5) is 5.69 Å². The van der Waals surface area contributed by atoms with Gasteiger partial charge in [0.1, 0.15) is 5.75 Å². The summed E-state index contributed by atoms with van der Waals surface area (Å²) in [7, 11) is 0. The number of fused-ring (bicyclic) bond motifs is 1. The molecule has 1 heterocycles. The average molecular weight is 394 g/mol. The SMILES string of the molecule is CCOc1ccc(N2C(=O)/C(=C\c3ccc(C#N)cc3)c3ccccc3C2=O)cc1. The van der Waals surface area contributed by atoms with Crippen molar-refractivity contribution in [3.63, 3.8) is 0 Å². The number of anilines is 1. The van der Waals surface area contributed by atoms with E-state index in [1.54, 1.807) is 78.9 Å². The number of amides is 2. The van der Waals surface area contributed by atoms with Crippen LogP contribution in [0.15, 0.2) is 72.8 Å². The van der Waals surface area contributed by atoms with E-state index in [0.29, 0.717) is 40.3 Å². The number of hydrogen-bond acceptors (Lipinski definition) is 4. The second-order valence-corrected chi connectivity index (χ2v) is 6.71. The second kappa shape index (κ2) is 8.06. The van der Waals surface area contributed by atoms with Crippen LogP contribution in [0.2, 0.25) is 0 Å². The van der Waals surface area contributed by atoms with Crippen LogP contribution < -0.4 is 9.64 Å². The molecule has 5 nitrogen and oxygen atoms in total. The first-order chi connectivity index (χ1) is 14.6. The largest absolute Gasteiger partial charge is 0.494 e. The molecule has 0 aliphatic carbocycles. The molecule has 5 heteroatoms. The Hall–Kier alpha value is -4.17. The fourth-order valence-corrected chi connectivity index (χ4v) is 3.41. The molecule has 0 spiro atoms. The van der Waals surface area contributed by atoms with Crippen molar-refractivity contribution in [2.45, 2.75) is 6.92 Å². The van der Waals surface area contributed by atoms with Crippen molar-refractivity contribution in [3.8, 4) is 11.8 Å². The predicted octanol–water partition coefficient (Wildman–Crippen LogP) is 4.68. The second-order valence-electron chi connectivity index (χ2n) is 6.71. The number of imide groups is 1. The normalized spacial score (nSPS) is 14.4. The minimum Gasteiger partial charge on any atom is -0.494 e. The molecule has 4 rings (SSSR count). The zero-order valence-electron chi connectivity index (χ0n) is 16.3. The summed E-state index contributed by atoms with van der Waals surface area (Å²) in [4.78, 5) is 27.7. The summed E-state index contributed by atoms with van der Waals surface area (Å²) in [5, 5.41) is 8.99. The Morgan fingerprint density at radius 2 is 1.57 bits per heavy atom. The molecule has 0 radical (unpaired) electrons. The minimum absolute atomic E-state index is 0.364. The van der Waals surface area contributed by atoms with E-state index in [1.165, 1.54) is 4.90 Å². The smallest absolute Gasteiger partial charge is 0.265 e. The van der Waals surface area contributed by atoms with Crippen LogP contribution in [-0.2, 0) is 4.79 Å². The van der Waals surface area contributed by atoms with E-state index in [4.69, 9.17) is 10.00 Å².